The highest BCUT2D eigenvalue weighted by molar-refractivity contribution is 9.10. The van der Waals surface area contributed by atoms with Crippen molar-refractivity contribution in [2.24, 2.45) is 11.8 Å². The number of benzene rings is 2. The molecule has 0 unspecified atom stereocenters. The van der Waals surface area contributed by atoms with Gasteiger partial charge < -0.3 is 4.90 Å². The Bertz CT molecular complexity index is 1160. The first-order chi connectivity index (χ1) is 15.2. The molecule has 0 bridgehead atoms. The molecule has 170 valence electrons. The van der Waals surface area contributed by atoms with Crippen molar-refractivity contribution in [1.82, 2.24) is 14.5 Å². The number of hydrogen-bond donors (Lipinski definition) is 0. The Labute approximate surface area is 202 Å². The largest absolute Gasteiger partial charge is 0.341 e. The van der Waals surface area contributed by atoms with Gasteiger partial charge in [0.15, 0.2) is 5.16 Å². The Hall–Kier alpha value is -2.12. The average molecular weight is 517 g/mol. The number of fused-ring (bicyclic) bond motifs is 1. The summed E-state index contributed by atoms with van der Waals surface area (Å²) in [6.45, 7) is 11.9. The lowest BCUT2D eigenvalue weighted by atomic mass is 10.1. The molecular weight excluding hydrogens is 486 g/mol. The molecule has 3 aromatic rings. The van der Waals surface area contributed by atoms with E-state index in [0.717, 1.165) is 28.8 Å². The van der Waals surface area contributed by atoms with Crippen molar-refractivity contribution in [2.75, 3.05) is 18.8 Å². The van der Waals surface area contributed by atoms with Gasteiger partial charge in [0.2, 0.25) is 5.91 Å². The fourth-order valence-corrected chi connectivity index (χ4v) is 4.91. The van der Waals surface area contributed by atoms with Crippen LogP contribution < -0.4 is 5.56 Å². The number of carbonyl (C=O) groups is 1. The smallest absolute Gasteiger partial charge is 0.266 e. The third-order valence-electron chi connectivity index (χ3n) is 5.00. The molecule has 1 heterocycles. The van der Waals surface area contributed by atoms with Crippen LogP contribution in [0.3, 0.4) is 0 Å². The quantitative estimate of drug-likeness (QED) is 0.285. The van der Waals surface area contributed by atoms with Gasteiger partial charge in [-0.1, -0.05) is 73.6 Å². The lowest BCUT2D eigenvalue weighted by molar-refractivity contribution is -0.129. The van der Waals surface area contributed by atoms with E-state index in [1.807, 2.05) is 48.2 Å². The van der Waals surface area contributed by atoms with E-state index in [-0.39, 0.29) is 17.2 Å². The molecule has 0 aliphatic heterocycles. The van der Waals surface area contributed by atoms with E-state index in [4.69, 9.17) is 4.98 Å². The number of aromatic nitrogens is 2. The number of carbonyl (C=O) groups excluding carboxylic acids is 1. The van der Waals surface area contributed by atoms with Crippen LogP contribution in [0.2, 0.25) is 0 Å². The molecule has 5 nitrogen and oxygen atoms in total. The van der Waals surface area contributed by atoms with Crippen LogP contribution in [0.5, 0.6) is 0 Å². The highest BCUT2D eigenvalue weighted by atomic mass is 79.9. The molecule has 0 aliphatic rings. The summed E-state index contributed by atoms with van der Waals surface area (Å²) >= 11 is 4.78. The summed E-state index contributed by atoms with van der Waals surface area (Å²) in [7, 11) is 0. The molecule has 0 N–H and O–H groups in total. The molecule has 7 heteroatoms. The second-order valence-electron chi connectivity index (χ2n) is 8.86. The van der Waals surface area contributed by atoms with Gasteiger partial charge in [0, 0.05) is 17.6 Å². The van der Waals surface area contributed by atoms with Crippen LogP contribution in [0.4, 0.5) is 0 Å². The van der Waals surface area contributed by atoms with Crippen molar-refractivity contribution in [3.63, 3.8) is 0 Å². The first-order valence-electron chi connectivity index (χ1n) is 10.9. The topological polar surface area (TPSA) is 55.2 Å². The zero-order chi connectivity index (χ0) is 23.4. The van der Waals surface area contributed by atoms with E-state index >= 15 is 0 Å². The monoisotopic (exact) mass is 515 g/mol. The molecule has 1 amide bonds. The van der Waals surface area contributed by atoms with E-state index in [0.29, 0.717) is 27.9 Å². The molecule has 0 radical (unpaired) electrons. The number of aryl methyl sites for hydroxylation is 1. The number of thioether (sulfide) groups is 1. The zero-order valence-corrected chi connectivity index (χ0v) is 21.7. The summed E-state index contributed by atoms with van der Waals surface area (Å²) in [5.41, 5.74) is 2.24. The summed E-state index contributed by atoms with van der Waals surface area (Å²) < 4.78 is 2.46. The SMILES string of the molecule is Cc1ccccc1-n1c(SCC(=O)N(CC(C)C)CC(C)C)nc2ccc(Br)cc2c1=O. The van der Waals surface area contributed by atoms with Gasteiger partial charge in [-0.25, -0.2) is 4.98 Å². The molecule has 0 atom stereocenters. The van der Waals surface area contributed by atoms with Crippen LogP contribution in [0.25, 0.3) is 16.6 Å². The highest BCUT2D eigenvalue weighted by Gasteiger charge is 2.20. The minimum Gasteiger partial charge on any atom is -0.341 e. The van der Waals surface area contributed by atoms with Gasteiger partial charge in [-0.05, 0) is 48.6 Å². The predicted molar refractivity (Wildman–Crippen MR) is 137 cm³/mol. The van der Waals surface area contributed by atoms with E-state index in [2.05, 4.69) is 43.6 Å². The third-order valence-corrected chi connectivity index (χ3v) is 6.42. The lowest BCUT2D eigenvalue weighted by Crippen LogP contribution is -2.38. The summed E-state index contributed by atoms with van der Waals surface area (Å²) in [5.74, 6) is 1.09. The minimum absolute atomic E-state index is 0.0684. The van der Waals surface area contributed by atoms with Crippen molar-refractivity contribution in [2.45, 2.75) is 39.8 Å². The van der Waals surface area contributed by atoms with Gasteiger partial charge >= 0.3 is 0 Å². The maximum atomic E-state index is 13.5. The van der Waals surface area contributed by atoms with Crippen molar-refractivity contribution in [3.05, 3.63) is 62.9 Å². The molecular formula is C25H30BrN3O2S. The van der Waals surface area contributed by atoms with Gasteiger partial charge in [-0.15, -0.1) is 0 Å². The second kappa shape index (κ2) is 10.7. The molecule has 0 saturated carbocycles. The van der Waals surface area contributed by atoms with Gasteiger partial charge in [-0.3, -0.25) is 14.2 Å². The van der Waals surface area contributed by atoms with Crippen molar-refractivity contribution >= 4 is 44.5 Å². The standard InChI is InChI=1S/C25H30BrN3O2S/c1-16(2)13-28(14-17(3)4)23(30)15-32-25-27-21-11-10-19(26)12-20(21)24(31)29(25)22-9-7-6-8-18(22)5/h6-12,16-17H,13-15H2,1-5H3. The van der Waals surface area contributed by atoms with Crippen LogP contribution in [0.15, 0.2) is 56.9 Å². The molecule has 1 aromatic heterocycles. The van der Waals surface area contributed by atoms with Crippen molar-refractivity contribution in [1.29, 1.82) is 0 Å². The maximum Gasteiger partial charge on any atom is 0.266 e. The van der Waals surface area contributed by atoms with Gasteiger partial charge in [-0.2, -0.15) is 0 Å². The van der Waals surface area contributed by atoms with Crippen LogP contribution in [0.1, 0.15) is 33.3 Å². The van der Waals surface area contributed by atoms with Crippen LogP contribution in [-0.4, -0.2) is 39.2 Å². The van der Waals surface area contributed by atoms with Crippen LogP contribution >= 0.6 is 27.7 Å². The first-order valence-corrected chi connectivity index (χ1v) is 12.6. The number of para-hydroxylation sites is 1. The van der Waals surface area contributed by atoms with Crippen molar-refractivity contribution in [3.8, 4) is 5.69 Å². The van der Waals surface area contributed by atoms with Crippen LogP contribution in [0, 0.1) is 18.8 Å². The maximum absolute atomic E-state index is 13.5. The Kier molecular flexibility index (Phi) is 8.17. The Morgan fingerprint density at radius 1 is 1.09 bits per heavy atom. The molecule has 2 aromatic carbocycles. The number of rotatable bonds is 8. The first kappa shape index (κ1) is 24.5. The van der Waals surface area contributed by atoms with Gasteiger partial charge in [0.05, 0.1) is 22.3 Å². The summed E-state index contributed by atoms with van der Waals surface area (Å²) in [6, 6.07) is 13.2. The molecule has 3 rings (SSSR count). The third kappa shape index (κ3) is 5.81. The highest BCUT2D eigenvalue weighted by Crippen LogP contribution is 2.25. The summed E-state index contributed by atoms with van der Waals surface area (Å²) in [6.07, 6.45) is 0. The lowest BCUT2D eigenvalue weighted by Gasteiger charge is -2.26. The van der Waals surface area contributed by atoms with E-state index in [1.165, 1.54) is 11.8 Å². The number of nitrogens with zero attached hydrogens (tertiary/aromatic N) is 3. The summed E-state index contributed by atoms with van der Waals surface area (Å²) in [5, 5.41) is 1.07. The Morgan fingerprint density at radius 3 is 2.38 bits per heavy atom. The molecule has 0 fully saturated rings. The number of halogens is 1. The van der Waals surface area contributed by atoms with E-state index in [9.17, 15) is 9.59 Å². The van der Waals surface area contributed by atoms with Crippen molar-refractivity contribution < 1.29 is 4.79 Å². The predicted octanol–water partition coefficient (Wildman–Crippen LogP) is 5.69. The number of hydrogen-bond acceptors (Lipinski definition) is 4. The second-order valence-corrected chi connectivity index (χ2v) is 10.7. The summed E-state index contributed by atoms with van der Waals surface area (Å²) in [4.78, 5) is 33.3. The van der Waals surface area contributed by atoms with E-state index < -0.39 is 0 Å². The normalized spacial score (nSPS) is 11.5. The zero-order valence-electron chi connectivity index (χ0n) is 19.3. The van der Waals surface area contributed by atoms with Gasteiger partial charge in [0.1, 0.15) is 0 Å². The molecule has 32 heavy (non-hydrogen) atoms. The number of amides is 1. The fraction of sp³-hybridized carbons (Fsp3) is 0.400. The average Bonchev–Trinajstić information content (AvgIpc) is 2.72. The van der Waals surface area contributed by atoms with Gasteiger partial charge in [0.25, 0.3) is 5.56 Å². The molecule has 0 aliphatic carbocycles. The van der Waals surface area contributed by atoms with Crippen LogP contribution in [-0.2, 0) is 4.79 Å². The fourth-order valence-electron chi connectivity index (χ4n) is 3.64. The molecule has 0 saturated heterocycles. The minimum atomic E-state index is -0.137. The Morgan fingerprint density at radius 2 is 1.75 bits per heavy atom. The Balaban J connectivity index is 2.03. The molecule has 0 spiro atoms. The van der Waals surface area contributed by atoms with E-state index in [1.54, 1.807) is 10.6 Å².